The molecule has 0 radical (unpaired) electrons. The number of carbonyl (C=O) groups excluding carboxylic acids is 1. The van der Waals surface area contributed by atoms with E-state index < -0.39 is 17.2 Å². The van der Waals surface area contributed by atoms with Crippen molar-refractivity contribution in [1.29, 1.82) is 0 Å². The van der Waals surface area contributed by atoms with E-state index in [-0.39, 0.29) is 12.2 Å². The summed E-state index contributed by atoms with van der Waals surface area (Å²) in [6.07, 6.45) is 3.30. The van der Waals surface area contributed by atoms with Gasteiger partial charge < -0.3 is 0 Å². The second kappa shape index (κ2) is 3.48. The molecule has 0 aromatic heterocycles. The first-order chi connectivity index (χ1) is 6.72. The number of hydrogen-bond donors (Lipinski definition) is 0. The Morgan fingerprint density at radius 1 is 1.21 bits per heavy atom. The monoisotopic (exact) mass is 196 g/mol. The highest BCUT2D eigenvalue weighted by Crippen LogP contribution is 2.37. The van der Waals surface area contributed by atoms with Crippen LogP contribution in [-0.2, 0) is 0 Å². The summed E-state index contributed by atoms with van der Waals surface area (Å²) in [6, 6.07) is 2.55. The lowest BCUT2D eigenvalue weighted by Gasteiger charge is -2.25. The van der Waals surface area contributed by atoms with Crippen molar-refractivity contribution < 1.29 is 13.6 Å². The van der Waals surface area contributed by atoms with E-state index in [2.05, 4.69) is 0 Å². The van der Waals surface area contributed by atoms with Gasteiger partial charge >= 0.3 is 0 Å². The maximum Gasteiger partial charge on any atom is 0.155 e. The molecule has 1 aliphatic carbocycles. The van der Waals surface area contributed by atoms with Gasteiger partial charge in [-0.2, -0.15) is 0 Å². The predicted octanol–water partition coefficient (Wildman–Crippen LogP) is 3.04. The number of aldehydes is 1. The van der Waals surface area contributed by atoms with Gasteiger partial charge in [-0.25, -0.2) is 8.78 Å². The van der Waals surface area contributed by atoms with Crippen LogP contribution in [0.1, 0.15) is 41.1 Å². The highest BCUT2D eigenvalue weighted by atomic mass is 19.1. The van der Waals surface area contributed by atoms with Crippen LogP contribution in [0.25, 0.3) is 0 Å². The average Bonchev–Trinajstić information content (AvgIpc) is 2.00. The zero-order valence-electron chi connectivity index (χ0n) is 7.59. The highest BCUT2D eigenvalue weighted by Gasteiger charge is 2.22. The van der Waals surface area contributed by atoms with E-state index in [1.807, 2.05) is 0 Å². The van der Waals surface area contributed by atoms with Crippen molar-refractivity contribution in [1.82, 2.24) is 0 Å². The van der Waals surface area contributed by atoms with Gasteiger partial charge in [-0.15, -0.1) is 0 Å². The Labute approximate surface area is 80.7 Å². The first kappa shape index (κ1) is 9.31. The van der Waals surface area contributed by atoms with E-state index in [0.717, 1.165) is 19.3 Å². The molecule has 3 heteroatoms. The molecular weight excluding hydrogens is 186 g/mol. The molecule has 0 N–H and O–H groups in total. The molecule has 1 aliphatic rings. The maximum absolute atomic E-state index is 13.2. The van der Waals surface area contributed by atoms with Gasteiger partial charge in [0.25, 0.3) is 0 Å². The molecule has 14 heavy (non-hydrogen) atoms. The van der Waals surface area contributed by atoms with Gasteiger partial charge in [0.1, 0.15) is 11.6 Å². The Hall–Kier alpha value is -1.25. The molecule has 0 bridgehead atoms. The molecule has 1 aromatic rings. The van der Waals surface area contributed by atoms with Crippen molar-refractivity contribution in [3.05, 3.63) is 34.9 Å². The van der Waals surface area contributed by atoms with Crippen LogP contribution in [0, 0.1) is 11.6 Å². The molecule has 0 amide bonds. The minimum Gasteiger partial charge on any atom is -0.298 e. The van der Waals surface area contributed by atoms with Crippen LogP contribution in [0.5, 0.6) is 0 Å². The zero-order chi connectivity index (χ0) is 10.1. The number of halogens is 2. The summed E-state index contributed by atoms with van der Waals surface area (Å²) >= 11 is 0. The van der Waals surface area contributed by atoms with Crippen LogP contribution >= 0.6 is 0 Å². The summed E-state index contributed by atoms with van der Waals surface area (Å²) in [5.74, 6) is -1.22. The highest BCUT2D eigenvalue weighted by molar-refractivity contribution is 5.75. The lowest BCUT2D eigenvalue weighted by Crippen LogP contribution is -2.10. The second-order valence-corrected chi connectivity index (χ2v) is 3.64. The fraction of sp³-hybridized carbons (Fsp3) is 0.364. The zero-order valence-corrected chi connectivity index (χ0v) is 7.59. The van der Waals surface area contributed by atoms with E-state index >= 15 is 0 Å². The van der Waals surface area contributed by atoms with Gasteiger partial charge in [-0.3, -0.25) is 4.79 Å². The van der Waals surface area contributed by atoms with E-state index in [0.29, 0.717) is 5.56 Å². The molecular formula is C11H10F2O. The molecule has 74 valence electrons. The first-order valence-corrected chi connectivity index (χ1v) is 4.66. The summed E-state index contributed by atoms with van der Waals surface area (Å²) in [5, 5.41) is 0. The Kier molecular flexibility index (Phi) is 2.32. The van der Waals surface area contributed by atoms with Gasteiger partial charge in [-0.05, 0) is 36.5 Å². The molecule has 0 spiro atoms. The van der Waals surface area contributed by atoms with E-state index in [4.69, 9.17) is 0 Å². The summed E-state index contributed by atoms with van der Waals surface area (Å²) in [4.78, 5) is 10.3. The lowest BCUT2D eigenvalue weighted by molar-refractivity contribution is 0.111. The van der Waals surface area contributed by atoms with Crippen LogP contribution in [0.4, 0.5) is 8.78 Å². The summed E-state index contributed by atoms with van der Waals surface area (Å²) in [7, 11) is 0. The van der Waals surface area contributed by atoms with Gasteiger partial charge in [-0.1, -0.05) is 6.42 Å². The van der Waals surface area contributed by atoms with Crippen molar-refractivity contribution >= 4 is 6.29 Å². The fourth-order valence-electron chi connectivity index (χ4n) is 1.69. The topological polar surface area (TPSA) is 17.1 Å². The molecule has 0 aliphatic heterocycles. The third kappa shape index (κ3) is 1.43. The lowest BCUT2D eigenvalue weighted by atomic mass is 9.80. The predicted molar refractivity (Wildman–Crippen MR) is 48.3 cm³/mol. The quantitative estimate of drug-likeness (QED) is 0.664. The standard InChI is InChI=1S/C11H10F2O/c12-10-4-8(7-2-1-3-7)5-11(13)9(10)6-14/h4-7H,1-3H2. The first-order valence-electron chi connectivity index (χ1n) is 4.66. The second-order valence-electron chi connectivity index (χ2n) is 3.64. The molecule has 0 saturated heterocycles. The van der Waals surface area contributed by atoms with Crippen LogP contribution in [0.15, 0.2) is 12.1 Å². The van der Waals surface area contributed by atoms with E-state index in [9.17, 15) is 13.6 Å². The maximum atomic E-state index is 13.2. The molecule has 1 aromatic carbocycles. The van der Waals surface area contributed by atoms with Gasteiger partial charge in [0.05, 0.1) is 5.56 Å². The molecule has 2 rings (SSSR count). The molecule has 1 saturated carbocycles. The molecule has 1 fully saturated rings. The van der Waals surface area contributed by atoms with Crippen molar-refractivity contribution in [3.63, 3.8) is 0 Å². The van der Waals surface area contributed by atoms with Crippen molar-refractivity contribution in [2.24, 2.45) is 0 Å². The molecule has 0 unspecified atom stereocenters. The fourth-order valence-corrected chi connectivity index (χ4v) is 1.69. The Morgan fingerprint density at radius 2 is 1.79 bits per heavy atom. The summed E-state index contributed by atoms with van der Waals surface area (Å²) in [5.41, 5.74) is 0.213. The smallest absolute Gasteiger partial charge is 0.155 e. The summed E-state index contributed by atoms with van der Waals surface area (Å²) in [6.45, 7) is 0. The third-order valence-electron chi connectivity index (χ3n) is 2.80. The van der Waals surface area contributed by atoms with Crippen LogP contribution in [0.3, 0.4) is 0 Å². The Bertz CT molecular complexity index is 347. The Balaban J connectivity index is 2.40. The van der Waals surface area contributed by atoms with Gasteiger partial charge in [0.2, 0.25) is 0 Å². The molecule has 1 nitrogen and oxygen atoms in total. The number of benzene rings is 1. The normalized spacial score (nSPS) is 16.4. The van der Waals surface area contributed by atoms with Crippen molar-refractivity contribution in [3.8, 4) is 0 Å². The van der Waals surface area contributed by atoms with Gasteiger partial charge in [0.15, 0.2) is 6.29 Å². The van der Waals surface area contributed by atoms with Crippen molar-refractivity contribution in [2.45, 2.75) is 25.2 Å². The largest absolute Gasteiger partial charge is 0.298 e. The molecule has 0 heterocycles. The summed E-state index contributed by atoms with van der Waals surface area (Å²) < 4.78 is 26.3. The van der Waals surface area contributed by atoms with Crippen molar-refractivity contribution in [2.75, 3.05) is 0 Å². The number of rotatable bonds is 2. The minimum atomic E-state index is -0.748. The van der Waals surface area contributed by atoms with Crippen LogP contribution < -0.4 is 0 Å². The van der Waals surface area contributed by atoms with Gasteiger partial charge in [0, 0.05) is 0 Å². The third-order valence-corrected chi connectivity index (χ3v) is 2.80. The van der Waals surface area contributed by atoms with E-state index in [1.54, 1.807) is 0 Å². The molecule has 0 atom stereocenters. The van der Waals surface area contributed by atoms with Crippen LogP contribution in [0.2, 0.25) is 0 Å². The number of hydrogen-bond acceptors (Lipinski definition) is 1. The van der Waals surface area contributed by atoms with E-state index in [1.165, 1.54) is 12.1 Å². The van der Waals surface area contributed by atoms with Crippen LogP contribution in [-0.4, -0.2) is 6.29 Å². The SMILES string of the molecule is O=Cc1c(F)cc(C2CCC2)cc1F. The minimum absolute atomic E-state index is 0.217. The Morgan fingerprint density at radius 3 is 2.14 bits per heavy atom. The average molecular weight is 196 g/mol. The number of carbonyl (C=O) groups is 1.